The van der Waals surface area contributed by atoms with E-state index in [1.165, 1.54) is 29.9 Å². The zero-order valence-electron chi connectivity index (χ0n) is 8.39. The molecule has 14 heavy (non-hydrogen) atoms. The lowest BCUT2D eigenvalue weighted by Gasteiger charge is -2.12. The van der Waals surface area contributed by atoms with Crippen molar-refractivity contribution < 1.29 is 0 Å². The molecule has 0 aliphatic heterocycles. The van der Waals surface area contributed by atoms with E-state index in [0.717, 1.165) is 10.9 Å². The van der Waals surface area contributed by atoms with Gasteiger partial charge in [-0.2, -0.15) is 0 Å². The second kappa shape index (κ2) is 3.78. The van der Waals surface area contributed by atoms with Gasteiger partial charge in [0.2, 0.25) is 0 Å². The van der Waals surface area contributed by atoms with Gasteiger partial charge in [-0.15, -0.1) is 6.58 Å². The molecule has 1 aromatic rings. The average Bonchev–Trinajstić information content (AvgIpc) is 3.00. The van der Waals surface area contributed by atoms with Crippen molar-refractivity contribution in [2.75, 3.05) is 0 Å². The Bertz CT molecular complexity index is 350. The summed E-state index contributed by atoms with van der Waals surface area (Å²) < 4.78 is 0. The van der Waals surface area contributed by atoms with E-state index in [4.69, 9.17) is 11.6 Å². The molecule has 0 amide bonds. The van der Waals surface area contributed by atoms with E-state index in [1.54, 1.807) is 0 Å². The molecular weight excluding hydrogens is 192 g/mol. The van der Waals surface area contributed by atoms with Crippen LogP contribution in [0.2, 0.25) is 5.02 Å². The van der Waals surface area contributed by atoms with Gasteiger partial charge in [-0.25, -0.2) is 0 Å². The highest BCUT2D eigenvalue weighted by Crippen LogP contribution is 2.43. The van der Waals surface area contributed by atoms with Crippen LogP contribution in [0.5, 0.6) is 0 Å². The summed E-state index contributed by atoms with van der Waals surface area (Å²) >= 11 is 6.00. The molecule has 0 atom stereocenters. The monoisotopic (exact) mass is 205 g/mol. The van der Waals surface area contributed by atoms with E-state index in [9.17, 15) is 0 Å². The lowest BCUT2D eigenvalue weighted by molar-refractivity contribution is 1.07. The van der Waals surface area contributed by atoms with Gasteiger partial charge >= 0.3 is 0 Å². The Kier molecular flexibility index (Phi) is 2.64. The average molecular weight is 206 g/mol. The summed E-state index contributed by atoms with van der Waals surface area (Å²) in [4.78, 5) is 0. The zero-order chi connectivity index (χ0) is 10.1. The topological polar surface area (TPSA) is 0 Å². The van der Waals surface area contributed by atoms with Crippen molar-refractivity contribution in [3.63, 3.8) is 0 Å². The van der Waals surface area contributed by atoms with Crippen molar-refractivity contribution >= 4 is 11.6 Å². The molecule has 1 heteroatoms. The highest BCUT2D eigenvalue weighted by Gasteiger charge is 2.26. The highest BCUT2D eigenvalue weighted by molar-refractivity contribution is 6.30. The van der Waals surface area contributed by atoms with Gasteiger partial charge in [-0.05, 0) is 42.0 Å². The van der Waals surface area contributed by atoms with Crippen molar-refractivity contribution in [2.24, 2.45) is 0 Å². The first kappa shape index (κ1) is 9.79. The fourth-order valence-electron chi connectivity index (χ4n) is 1.73. The largest absolute Gasteiger partial charge is 0.102 e. The summed E-state index contributed by atoms with van der Waals surface area (Å²) in [6.45, 7) is 5.90. The molecular formula is C13H14Cl. The minimum absolute atomic E-state index is 0.761. The highest BCUT2D eigenvalue weighted by atomic mass is 35.5. The van der Waals surface area contributed by atoms with Gasteiger partial charge in [0.25, 0.3) is 0 Å². The second-order valence-corrected chi connectivity index (χ2v) is 4.33. The third-order valence-corrected chi connectivity index (χ3v) is 3.00. The maximum atomic E-state index is 6.00. The van der Waals surface area contributed by atoms with Crippen LogP contribution in [0.3, 0.4) is 0 Å². The van der Waals surface area contributed by atoms with Crippen LogP contribution >= 0.6 is 11.6 Å². The summed E-state index contributed by atoms with van der Waals surface area (Å²) in [7, 11) is 0. The third-order valence-electron chi connectivity index (χ3n) is 2.76. The van der Waals surface area contributed by atoms with Crippen LogP contribution in [0.25, 0.3) is 0 Å². The predicted octanol–water partition coefficient (Wildman–Crippen LogP) is 4.35. The summed E-state index contributed by atoms with van der Waals surface area (Å²) in [6.07, 6.45) is 4.54. The third kappa shape index (κ3) is 1.85. The molecule has 1 fully saturated rings. The zero-order valence-corrected chi connectivity index (χ0v) is 9.14. The molecule has 73 valence electrons. The van der Waals surface area contributed by atoms with Crippen LogP contribution in [0.15, 0.2) is 30.9 Å². The number of rotatable bonds is 3. The summed E-state index contributed by atoms with van der Waals surface area (Å²) in [5.74, 6) is 1.98. The lowest BCUT2D eigenvalue weighted by Crippen LogP contribution is -1.96. The quantitative estimate of drug-likeness (QED) is 0.689. The van der Waals surface area contributed by atoms with Crippen LogP contribution in [0.1, 0.15) is 36.8 Å². The molecule has 1 radical (unpaired) electrons. The molecule has 0 saturated heterocycles. The van der Waals surface area contributed by atoms with E-state index in [-0.39, 0.29) is 0 Å². The van der Waals surface area contributed by atoms with Crippen molar-refractivity contribution in [1.82, 2.24) is 0 Å². The SMILES string of the molecule is C=C[C](C)c1cc(Cl)ccc1C1CC1. The Morgan fingerprint density at radius 3 is 2.79 bits per heavy atom. The predicted molar refractivity (Wildman–Crippen MR) is 61.6 cm³/mol. The Hall–Kier alpha value is -0.750. The van der Waals surface area contributed by atoms with E-state index in [0.29, 0.717) is 0 Å². The van der Waals surface area contributed by atoms with Crippen molar-refractivity contribution in [1.29, 1.82) is 0 Å². The summed E-state index contributed by atoms with van der Waals surface area (Å²) in [6, 6.07) is 6.18. The van der Waals surface area contributed by atoms with E-state index >= 15 is 0 Å². The van der Waals surface area contributed by atoms with Gasteiger partial charge in [0.1, 0.15) is 0 Å². The number of hydrogen-bond acceptors (Lipinski definition) is 0. The van der Waals surface area contributed by atoms with Crippen LogP contribution in [0.4, 0.5) is 0 Å². The number of hydrogen-bond donors (Lipinski definition) is 0. The minimum Gasteiger partial charge on any atom is -0.102 e. The maximum absolute atomic E-state index is 6.00. The molecule has 0 aromatic heterocycles. The molecule has 1 aliphatic carbocycles. The Labute approximate surface area is 90.6 Å². The van der Waals surface area contributed by atoms with Crippen molar-refractivity contribution in [3.8, 4) is 0 Å². The maximum Gasteiger partial charge on any atom is 0.0409 e. The van der Waals surface area contributed by atoms with E-state index in [1.807, 2.05) is 18.2 Å². The molecule has 0 bridgehead atoms. The minimum atomic E-state index is 0.761. The lowest BCUT2D eigenvalue weighted by atomic mass is 9.93. The fourth-order valence-corrected chi connectivity index (χ4v) is 1.90. The van der Waals surface area contributed by atoms with Crippen LogP contribution < -0.4 is 0 Å². The number of halogens is 1. The van der Waals surface area contributed by atoms with Crippen molar-refractivity contribution in [2.45, 2.75) is 25.7 Å². The smallest absolute Gasteiger partial charge is 0.0409 e. The molecule has 0 heterocycles. The van der Waals surface area contributed by atoms with Crippen LogP contribution in [-0.2, 0) is 0 Å². The molecule has 1 saturated carbocycles. The summed E-state index contributed by atoms with van der Waals surface area (Å²) in [5.41, 5.74) is 2.71. The van der Waals surface area contributed by atoms with Gasteiger partial charge in [0.05, 0.1) is 0 Å². The normalized spacial score (nSPS) is 15.9. The number of benzene rings is 1. The van der Waals surface area contributed by atoms with Gasteiger partial charge in [-0.3, -0.25) is 0 Å². The molecule has 0 N–H and O–H groups in total. The fraction of sp³-hybridized carbons (Fsp3) is 0.308. The van der Waals surface area contributed by atoms with Gasteiger partial charge in [0, 0.05) is 10.9 Å². The molecule has 0 spiro atoms. The molecule has 0 nitrogen and oxygen atoms in total. The first-order valence-corrected chi connectivity index (χ1v) is 5.36. The van der Waals surface area contributed by atoms with Crippen molar-refractivity contribution in [3.05, 3.63) is 52.9 Å². The first-order valence-electron chi connectivity index (χ1n) is 4.98. The number of allylic oxidation sites excluding steroid dienone is 1. The van der Waals surface area contributed by atoms with Gasteiger partial charge in [-0.1, -0.05) is 30.7 Å². The van der Waals surface area contributed by atoms with Crippen LogP contribution in [0, 0.1) is 5.92 Å². The van der Waals surface area contributed by atoms with E-state index in [2.05, 4.69) is 19.6 Å². The summed E-state index contributed by atoms with van der Waals surface area (Å²) in [5, 5.41) is 0.811. The first-order chi connectivity index (χ1) is 6.72. The molecule has 0 unspecified atom stereocenters. The van der Waals surface area contributed by atoms with Gasteiger partial charge in [0.15, 0.2) is 0 Å². The Morgan fingerprint density at radius 1 is 1.50 bits per heavy atom. The Morgan fingerprint density at radius 2 is 2.21 bits per heavy atom. The van der Waals surface area contributed by atoms with E-state index < -0.39 is 0 Å². The Balaban J connectivity index is 2.42. The standard InChI is InChI=1S/C13H14Cl/c1-3-9(2)13-8-11(14)6-7-12(13)10-4-5-10/h3,6-8,10H,1,4-5H2,2H3. The second-order valence-electron chi connectivity index (χ2n) is 3.89. The molecule has 2 rings (SSSR count). The molecule has 1 aliphatic rings. The van der Waals surface area contributed by atoms with Crippen LogP contribution in [-0.4, -0.2) is 0 Å². The van der Waals surface area contributed by atoms with Gasteiger partial charge < -0.3 is 0 Å². The molecule has 1 aromatic carbocycles.